The number of carboxylic acids is 1. The van der Waals surface area contributed by atoms with Gasteiger partial charge in [0.05, 0.1) is 16.5 Å². The van der Waals surface area contributed by atoms with Gasteiger partial charge in [0.2, 0.25) is 0 Å². The summed E-state index contributed by atoms with van der Waals surface area (Å²) in [5, 5.41) is 9.25. The molecule has 0 aliphatic carbocycles. The van der Waals surface area contributed by atoms with E-state index in [1.807, 2.05) is 0 Å². The average molecular weight is 264 g/mol. The average Bonchev–Trinajstić information content (AvgIpc) is 2.68. The van der Waals surface area contributed by atoms with Gasteiger partial charge in [0, 0.05) is 12.2 Å². The Hall–Kier alpha value is -1.01. The molecular weight excluding hydrogens is 254 g/mol. The molecule has 1 aliphatic rings. The van der Waals surface area contributed by atoms with Crippen molar-refractivity contribution in [3.05, 3.63) is 23.0 Å². The Kier molecular flexibility index (Phi) is 2.71. The third-order valence-corrected chi connectivity index (χ3v) is 4.59. The molecule has 0 bridgehead atoms. The molecule has 88 valence electrons. The monoisotopic (exact) mass is 263 g/mol. The fourth-order valence-electron chi connectivity index (χ4n) is 1.91. The van der Waals surface area contributed by atoms with Crippen LogP contribution in [0.1, 0.15) is 23.0 Å². The molecule has 1 aliphatic heterocycles. The number of carboxylic acid groups (broad SMARTS) is 1. The van der Waals surface area contributed by atoms with E-state index in [1.165, 1.54) is 16.8 Å². The summed E-state index contributed by atoms with van der Waals surface area (Å²) in [5.41, 5.74) is 0.0344. The van der Waals surface area contributed by atoms with Crippen LogP contribution in [0.4, 0.5) is 0 Å². The number of sulfone groups is 1. The van der Waals surface area contributed by atoms with Gasteiger partial charge in [-0.05, 0) is 12.5 Å². The van der Waals surface area contributed by atoms with E-state index in [1.54, 1.807) is 0 Å². The topological polar surface area (TPSA) is 76.4 Å². The minimum Gasteiger partial charge on any atom is -0.477 e. The van der Waals surface area contributed by atoms with Crippen molar-refractivity contribution in [1.82, 2.24) is 4.57 Å². The first-order valence-electron chi connectivity index (χ1n) is 4.70. The molecule has 16 heavy (non-hydrogen) atoms. The first-order valence-corrected chi connectivity index (χ1v) is 6.90. The molecule has 1 saturated heterocycles. The molecule has 1 fully saturated rings. The third-order valence-electron chi connectivity index (χ3n) is 2.64. The Bertz CT molecular complexity index is 534. The highest BCUT2D eigenvalue weighted by atomic mass is 35.5. The summed E-state index contributed by atoms with van der Waals surface area (Å²) in [6, 6.07) is 1.01. The van der Waals surface area contributed by atoms with Gasteiger partial charge < -0.3 is 9.67 Å². The summed E-state index contributed by atoms with van der Waals surface area (Å²) >= 11 is 5.73. The van der Waals surface area contributed by atoms with Crippen LogP contribution in [0.3, 0.4) is 0 Å². The number of carbonyl (C=O) groups is 1. The molecule has 0 spiro atoms. The maximum Gasteiger partial charge on any atom is 0.352 e. The zero-order chi connectivity index (χ0) is 11.9. The van der Waals surface area contributed by atoms with Gasteiger partial charge in [0.15, 0.2) is 9.84 Å². The number of rotatable bonds is 2. The van der Waals surface area contributed by atoms with Gasteiger partial charge in [-0.3, -0.25) is 0 Å². The lowest BCUT2D eigenvalue weighted by Gasteiger charge is -2.12. The normalized spacial score (nSPS) is 23.4. The van der Waals surface area contributed by atoms with Gasteiger partial charge in [-0.15, -0.1) is 0 Å². The maximum absolute atomic E-state index is 11.3. The van der Waals surface area contributed by atoms with Crippen molar-refractivity contribution in [1.29, 1.82) is 0 Å². The standard InChI is InChI=1S/C9H10ClNO4S/c10-6-3-8(9(12)13)11(4-6)7-1-2-16(14,15)5-7/h3-4,7H,1-2,5H2,(H,12,13). The number of nitrogens with zero attached hydrogens (tertiary/aromatic N) is 1. The van der Waals surface area contributed by atoms with Crippen LogP contribution in [0.5, 0.6) is 0 Å². The van der Waals surface area contributed by atoms with Crippen LogP contribution in [0.15, 0.2) is 12.3 Å². The van der Waals surface area contributed by atoms with Gasteiger partial charge in [0.25, 0.3) is 0 Å². The molecule has 2 rings (SSSR count). The second-order valence-corrected chi connectivity index (χ2v) is 6.48. The minimum absolute atomic E-state index is 0.0156. The van der Waals surface area contributed by atoms with Crippen LogP contribution < -0.4 is 0 Å². The van der Waals surface area contributed by atoms with Crippen molar-refractivity contribution < 1.29 is 18.3 Å². The molecule has 0 amide bonds. The number of aromatic nitrogens is 1. The Morgan fingerprint density at radius 1 is 1.56 bits per heavy atom. The molecule has 1 aromatic heterocycles. The Balaban J connectivity index is 2.38. The quantitative estimate of drug-likeness (QED) is 0.870. The molecule has 0 saturated carbocycles. The predicted octanol–water partition coefficient (Wildman–Crippen LogP) is 1.20. The van der Waals surface area contributed by atoms with Crippen molar-refractivity contribution in [2.75, 3.05) is 11.5 Å². The number of hydrogen-bond acceptors (Lipinski definition) is 3. The summed E-state index contributed by atoms with van der Waals surface area (Å²) in [5.74, 6) is -1.01. The van der Waals surface area contributed by atoms with Gasteiger partial charge in [-0.25, -0.2) is 13.2 Å². The molecule has 1 N–H and O–H groups in total. The number of halogens is 1. The Morgan fingerprint density at radius 2 is 2.25 bits per heavy atom. The van der Waals surface area contributed by atoms with E-state index in [-0.39, 0.29) is 23.2 Å². The molecular formula is C9H10ClNO4S. The zero-order valence-electron chi connectivity index (χ0n) is 8.26. The highest BCUT2D eigenvalue weighted by molar-refractivity contribution is 7.91. The van der Waals surface area contributed by atoms with Crippen molar-refractivity contribution in [3.8, 4) is 0 Å². The van der Waals surface area contributed by atoms with E-state index < -0.39 is 15.8 Å². The molecule has 2 heterocycles. The SMILES string of the molecule is O=C(O)c1cc(Cl)cn1C1CCS(=O)(=O)C1. The summed E-state index contributed by atoms with van der Waals surface area (Å²) in [7, 11) is -3.03. The van der Waals surface area contributed by atoms with Crippen LogP contribution in [0, 0.1) is 0 Å². The predicted molar refractivity (Wildman–Crippen MR) is 58.7 cm³/mol. The summed E-state index contributed by atoms with van der Waals surface area (Å²) in [6.45, 7) is 0. The zero-order valence-corrected chi connectivity index (χ0v) is 9.83. The molecule has 0 aromatic carbocycles. The highest BCUT2D eigenvalue weighted by Gasteiger charge is 2.31. The third kappa shape index (κ3) is 2.08. The van der Waals surface area contributed by atoms with Crippen molar-refractivity contribution >= 4 is 27.4 Å². The largest absolute Gasteiger partial charge is 0.477 e. The molecule has 1 unspecified atom stereocenters. The van der Waals surface area contributed by atoms with Crippen LogP contribution in [-0.4, -0.2) is 35.6 Å². The first kappa shape index (κ1) is 11.5. The fourth-order valence-corrected chi connectivity index (χ4v) is 3.83. The van der Waals surface area contributed by atoms with E-state index >= 15 is 0 Å². The van der Waals surface area contributed by atoms with Crippen LogP contribution in [0.25, 0.3) is 0 Å². The van der Waals surface area contributed by atoms with Gasteiger partial charge in [-0.2, -0.15) is 0 Å². The van der Waals surface area contributed by atoms with E-state index in [4.69, 9.17) is 16.7 Å². The Morgan fingerprint density at radius 3 is 2.75 bits per heavy atom. The summed E-state index contributed by atoms with van der Waals surface area (Å²) in [6.07, 6.45) is 1.91. The van der Waals surface area contributed by atoms with Crippen molar-refractivity contribution in [3.63, 3.8) is 0 Å². The Labute approximate surface area is 97.6 Å². The first-order chi connectivity index (χ1) is 7.39. The summed E-state index contributed by atoms with van der Waals surface area (Å²) < 4.78 is 24.1. The second-order valence-electron chi connectivity index (χ2n) is 3.81. The molecule has 7 heteroatoms. The summed E-state index contributed by atoms with van der Waals surface area (Å²) in [4.78, 5) is 10.9. The van der Waals surface area contributed by atoms with E-state index in [0.29, 0.717) is 11.4 Å². The van der Waals surface area contributed by atoms with Gasteiger partial charge in [-0.1, -0.05) is 11.6 Å². The van der Waals surface area contributed by atoms with Crippen molar-refractivity contribution in [2.24, 2.45) is 0 Å². The lowest BCUT2D eigenvalue weighted by atomic mass is 10.2. The van der Waals surface area contributed by atoms with Crippen LogP contribution in [0.2, 0.25) is 5.02 Å². The van der Waals surface area contributed by atoms with Crippen LogP contribution in [-0.2, 0) is 9.84 Å². The van der Waals surface area contributed by atoms with Gasteiger partial charge in [0.1, 0.15) is 5.69 Å². The number of hydrogen-bond donors (Lipinski definition) is 1. The second kappa shape index (κ2) is 3.78. The molecule has 5 nitrogen and oxygen atoms in total. The van der Waals surface area contributed by atoms with E-state index in [2.05, 4.69) is 0 Å². The highest BCUT2D eigenvalue weighted by Crippen LogP contribution is 2.27. The molecule has 1 aromatic rings. The molecule has 0 radical (unpaired) electrons. The smallest absolute Gasteiger partial charge is 0.352 e. The maximum atomic E-state index is 11.3. The molecule has 1 atom stereocenters. The lowest BCUT2D eigenvalue weighted by molar-refractivity contribution is 0.0683. The van der Waals surface area contributed by atoms with Gasteiger partial charge >= 0.3 is 5.97 Å². The fraction of sp³-hybridized carbons (Fsp3) is 0.444. The minimum atomic E-state index is -3.03. The number of aromatic carboxylic acids is 1. The van der Waals surface area contributed by atoms with E-state index in [9.17, 15) is 13.2 Å². The lowest BCUT2D eigenvalue weighted by Crippen LogP contribution is -2.15. The van der Waals surface area contributed by atoms with Crippen molar-refractivity contribution in [2.45, 2.75) is 12.5 Å². The van der Waals surface area contributed by atoms with E-state index in [0.717, 1.165) is 0 Å². The van der Waals surface area contributed by atoms with Crippen LogP contribution >= 0.6 is 11.6 Å².